The predicted octanol–water partition coefficient (Wildman–Crippen LogP) is 2.15. The maximum atomic E-state index is 12.2. The first-order chi connectivity index (χ1) is 13.0. The van der Waals surface area contributed by atoms with Crippen molar-refractivity contribution >= 4 is 29.0 Å². The summed E-state index contributed by atoms with van der Waals surface area (Å²) in [7, 11) is 3.07. The number of aryl methyl sites for hydroxylation is 1. The van der Waals surface area contributed by atoms with Gasteiger partial charge in [0, 0.05) is 18.0 Å². The molecule has 3 rings (SSSR count). The summed E-state index contributed by atoms with van der Waals surface area (Å²) in [5, 5.41) is 3.02. The first-order valence-corrected chi connectivity index (χ1v) is 9.00. The Balaban J connectivity index is 1.69. The lowest BCUT2D eigenvalue weighted by Crippen LogP contribution is -2.20. The number of pyridine rings is 1. The molecule has 1 aromatic carbocycles. The third-order valence-electron chi connectivity index (χ3n) is 3.70. The molecule has 0 saturated carbocycles. The Morgan fingerprint density at radius 3 is 2.67 bits per heavy atom. The molecule has 0 aliphatic rings. The molecule has 1 amide bonds. The maximum Gasteiger partial charge on any atom is 0.355 e. The van der Waals surface area contributed by atoms with Crippen molar-refractivity contribution in [2.24, 2.45) is 0 Å². The number of benzene rings is 1. The fourth-order valence-electron chi connectivity index (χ4n) is 2.40. The van der Waals surface area contributed by atoms with Gasteiger partial charge in [0.15, 0.2) is 16.7 Å². The third kappa shape index (κ3) is 4.37. The molecule has 0 spiro atoms. The van der Waals surface area contributed by atoms with Gasteiger partial charge in [-0.05, 0) is 36.8 Å². The molecule has 27 heavy (non-hydrogen) atoms. The van der Waals surface area contributed by atoms with E-state index in [0.29, 0.717) is 22.8 Å². The number of anilines is 1. The van der Waals surface area contributed by atoms with Crippen molar-refractivity contribution in [1.82, 2.24) is 14.4 Å². The molecule has 0 bridgehead atoms. The second-order valence-electron chi connectivity index (χ2n) is 5.63. The van der Waals surface area contributed by atoms with Crippen LogP contribution in [-0.4, -0.2) is 40.2 Å². The van der Waals surface area contributed by atoms with Crippen LogP contribution in [0.15, 0.2) is 46.5 Å². The number of amides is 1. The quantitative estimate of drug-likeness (QED) is 0.649. The maximum absolute atomic E-state index is 12.2. The number of aromatic nitrogens is 3. The number of hydrogen-bond acceptors (Lipinski definition) is 7. The SMILES string of the molecule is COc1ccc(NC(=O)CSc2nc(=O)n3ccc(C)cc3n2)cc1OC. The van der Waals surface area contributed by atoms with E-state index in [9.17, 15) is 9.59 Å². The van der Waals surface area contributed by atoms with Gasteiger partial charge in [-0.15, -0.1) is 0 Å². The highest BCUT2D eigenvalue weighted by Crippen LogP contribution is 2.29. The molecule has 0 radical (unpaired) electrons. The Morgan fingerprint density at radius 2 is 1.93 bits per heavy atom. The summed E-state index contributed by atoms with van der Waals surface area (Å²) in [6.45, 7) is 1.91. The molecule has 2 aromatic heterocycles. The molecule has 0 aliphatic heterocycles. The Hall–Kier alpha value is -3.07. The minimum Gasteiger partial charge on any atom is -0.493 e. The number of nitrogens with one attached hydrogen (secondary N) is 1. The zero-order valence-electron chi connectivity index (χ0n) is 15.1. The van der Waals surface area contributed by atoms with Crippen LogP contribution >= 0.6 is 11.8 Å². The molecular formula is C18H18N4O4S. The van der Waals surface area contributed by atoms with Crippen LogP contribution in [0.25, 0.3) is 5.65 Å². The van der Waals surface area contributed by atoms with Gasteiger partial charge in [-0.2, -0.15) is 4.98 Å². The van der Waals surface area contributed by atoms with Crippen LogP contribution in [0.4, 0.5) is 5.69 Å². The highest BCUT2D eigenvalue weighted by atomic mass is 32.2. The predicted molar refractivity (Wildman–Crippen MR) is 103 cm³/mol. The second kappa shape index (κ2) is 8.09. The zero-order valence-corrected chi connectivity index (χ0v) is 15.9. The minimum atomic E-state index is -0.428. The zero-order chi connectivity index (χ0) is 19.4. The van der Waals surface area contributed by atoms with Crippen molar-refractivity contribution in [1.29, 1.82) is 0 Å². The molecule has 2 heterocycles. The number of fused-ring (bicyclic) bond motifs is 1. The van der Waals surface area contributed by atoms with Crippen LogP contribution < -0.4 is 20.5 Å². The van der Waals surface area contributed by atoms with Crippen molar-refractivity contribution < 1.29 is 14.3 Å². The molecule has 0 saturated heterocycles. The Bertz CT molecular complexity index is 1050. The number of nitrogens with zero attached hydrogens (tertiary/aromatic N) is 3. The molecule has 140 valence electrons. The summed E-state index contributed by atoms with van der Waals surface area (Å²) in [5.41, 5.74) is 1.63. The Morgan fingerprint density at radius 1 is 1.15 bits per heavy atom. The van der Waals surface area contributed by atoms with Gasteiger partial charge in [0.1, 0.15) is 5.65 Å². The third-order valence-corrected chi connectivity index (χ3v) is 4.54. The number of thioether (sulfide) groups is 1. The first-order valence-electron chi connectivity index (χ1n) is 8.02. The fraction of sp³-hybridized carbons (Fsp3) is 0.222. The summed E-state index contributed by atoms with van der Waals surface area (Å²) in [6, 6.07) is 8.68. The number of carbonyl (C=O) groups is 1. The van der Waals surface area contributed by atoms with E-state index < -0.39 is 5.69 Å². The molecule has 9 heteroatoms. The van der Waals surface area contributed by atoms with Gasteiger partial charge in [-0.3, -0.25) is 9.20 Å². The lowest BCUT2D eigenvalue weighted by atomic mass is 10.2. The average molecular weight is 386 g/mol. The van der Waals surface area contributed by atoms with Gasteiger partial charge < -0.3 is 14.8 Å². The summed E-state index contributed by atoms with van der Waals surface area (Å²) < 4.78 is 11.7. The van der Waals surface area contributed by atoms with Crippen LogP contribution in [0.3, 0.4) is 0 Å². The van der Waals surface area contributed by atoms with Gasteiger partial charge in [-0.25, -0.2) is 9.78 Å². The van der Waals surface area contributed by atoms with Crippen LogP contribution in [0.5, 0.6) is 11.5 Å². The van der Waals surface area contributed by atoms with Crippen molar-refractivity contribution in [2.75, 3.05) is 25.3 Å². The summed E-state index contributed by atoms with van der Waals surface area (Å²) >= 11 is 1.10. The van der Waals surface area contributed by atoms with Crippen LogP contribution in [0, 0.1) is 6.92 Å². The molecular weight excluding hydrogens is 368 g/mol. The van der Waals surface area contributed by atoms with E-state index in [0.717, 1.165) is 17.3 Å². The number of ether oxygens (including phenoxy) is 2. The Labute approximate surface area is 159 Å². The standard InChI is InChI=1S/C18H18N4O4S/c1-11-6-7-22-15(8-11)20-17(21-18(22)24)27-10-16(23)19-12-4-5-13(25-2)14(9-12)26-3/h4-9H,10H2,1-3H3,(H,19,23). The fourth-order valence-corrected chi connectivity index (χ4v) is 3.04. The van der Waals surface area contributed by atoms with E-state index in [2.05, 4.69) is 15.3 Å². The lowest BCUT2D eigenvalue weighted by Gasteiger charge is -2.10. The smallest absolute Gasteiger partial charge is 0.355 e. The second-order valence-corrected chi connectivity index (χ2v) is 6.57. The highest BCUT2D eigenvalue weighted by molar-refractivity contribution is 7.99. The van der Waals surface area contributed by atoms with E-state index in [4.69, 9.17) is 9.47 Å². The van der Waals surface area contributed by atoms with Crippen molar-refractivity contribution in [3.63, 3.8) is 0 Å². The van der Waals surface area contributed by atoms with Crippen molar-refractivity contribution in [3.05, 3.63) is 52.6 Å². The van der Waals surface area contributed by atoms with Gasteiger partial charge in [0.2, 0.25) is 5.91 Å². The number of carbonyl (C=O) groups excluding carboxylic acids is 1. The molecule has 8 nitrogen and oxygen atoms in total. The molecule has 0 fully saturated rings. The van der Waals surface area contributed by atoms with Crippen molar-refractivity contribution in [3.8, 4) is 11.5 Å². The summed E-state index contributed by atoms with van der Waals surface area (Å²) in [5.74, 6) is 0.908. The van der Waals surface area contributed by atoms with E-state index in [-0.39, 0.29) is 16.8 Å². The normalized spacial score (nSPS) is 10.6. The summed E-state index contributed by atoms with van der Waals surface area (Å²) in [6.07, 6.45) is 1.63. The van der Waals surface area contributed by atoms with Crippen molar-refractivity contribution in [2.45, 2.75) is 12.1 Å². The van der Waals surface area contributed by atoms with Crippen LogP contribution in [-0.2, 0) is 4.79 Å². The van der Waals surface area contributed by atoms with E-state index >= 15 is 0 Å². The van der Waals surface area contributed by atoms with E-state index in [1.807, 2.05) is 6.92 Å². The molecule has 0 atom stereocenters. The van der Waals surface area contributed by atoms with Gasteiger partial charge in [-0.1, -0.05) is 11.8 Å². The number of rotatable bonds is 6. The largest absolute Gasteiger partial charge is 0.493 e. The van der Waals surface area contributed by atoms with Crippen LogP contribution in [0.1, 0.15) is 5.56 Å². The molecule has 0 aliphatic carbocycles. The van der Waals surface area contributed by atoms with E-state index in [1.54, 1.807) is 43.6 Å². The van der Waals surface area contributed by atoms with E-state index in [1.165, 1.54) is 11.5 Å². The molecule has 1 N–H and O–H groups in total. The lowest BCUT2D eigenvalue weighted by molar-refractivity contribution is -0.113. The monoisotopic (exact) mass is 386 g/mol. The van der Waals surface area contributed by atoms with Gasteiger partial charge in [0.05, 0.1) is 20.0 Å². The van der Waals surface area contributed by atoms with Gasteiger partial charge >= 0.3 is 5.69 Å². The molecule has 3 aromatic rings. The Kier molecular flexibility index (Phi) is 5.60. The molecule has 0 unspecified atom stereocenters. The summed E-state index contributed by atoms with van der Waals surface area (Å²) in [4.78, 5) is 32.5. The average Bonchev–Trinajstić information content (AvgIpc) is 2.66. The number of methoxy groups -OCH3 is 2. The number of hydrogen-bond donors (Lipinski definition) is 1. The topological polar surface area (TPSA) is 94.8 Å². The van der Waals surface area contributed by atoms with Crippen LogP contribution in [0.2, 0.25) is 0 Å². The van der Waals surface area contributed by atoms with Gasteiger partial charge in [0.25, 0.3) is 0 Å². The highest BCUT2D eigenvalue weighted by Gasteiger charge is 2.10. The first kappa shape index (κ1) is 18.7. The minimum absolute atomic E-state index is 0.0653.